The molecule has 0 saturated heterocycles. The molecule has 1 aromatic carbocycles. The van der Waals surface area contributed by atoms with Crippen molar-refractivity contribution in [1.82, 2.24) is 5.32 Å². The van der Waals surface area contributed by atoms with Gasteiger partial charge >= 0.3 is 0 Å². The van der Waals surface area contributed by atoms with Crippen LogP contribution in [-0.2, 0) is 6.42 Å². The number of halogens is 1. The Morgan fingerprint density at radius 3 is 2.59 bits per heavy atom. The molecule has 0 fully saturated rings. The molecule has 0 radical (unpaired) electrons. The number of nitrogens with one attached hydrogen (secondary N) is 1. The molecule has 3 nitrogen and oxygen atoms in total. The van der Waals surface area contributed by atoms with Crippen LogP contribution in [0, 0.1) is 17.1 Å². The highest BCUT2D eigenvalue weighted by Crippen LogP contribution is 2.11. The first-order chi connectivity index (χ1) is 7.80. The van der Waals surface area contributed by atoms with Gasteiger partial charge in [0.1, 0.15) is 12.0 Å². The van der Waals surface area contributed by atoms with Crippen molar-refractivity contribution in [2.45, 2.75) is 39.0 Å². The highest BCUT2D eigenvalue weighted by Gasteiger charge is 2.15. The van der Waals surface area contributed by atoms with Crippen LogP contribution in [0.4, 0.5) is 4.39 Å². The van der Waals surface area contributed by atoms with E-state index < -0.39 is 12.0 Å². The molecule has 0 aromatic heterocycles. The molecule has 0 spiro atoms. The first kappa shape index (κ1) is 13.6. The largest absolute Gasteiger partial charge is 0.378 e. The van der Waals surface area contributed by atoms with Crippen LogP contribution >= 0.6 is 0 Å². The van der Waals surface area contributed by atoms with Crippen molar-refractivity contribution in [3.05, 3.63) is 35.1 Å². The molecule has 1 atom stereocenters. The quantitative estimate of drug-likeness (QED) is 0.789. The van der Waals surface area contributed by atoms with Crippen LogP contribution < -0.4 is 5.32 Å². The number of hydrogen-bond acceptors (Lipinski definition) is 3. The summed E-state index contributed by atoms with van der Waals surface area (Å²) in [6.45, 7) is 5.80. The minimum atomic E-state index is -0.761. The normalized spacial score (nSPS) is 13.2. The van der Waals surface area contributed by atoms with Gasteiger partial charge in [0.25, 0.3) is 0 Å². The van der Waals surface area contributed by atoms with Crippen molar-refractivity contribution in [3.63, 3.8) is 0 Å². The lowest BCUT2D eigenvalue weighted by Crippen LogP contribution is -2.44. The van der Waals surface area contributed by atoms with Gasteiger partial charge in [-0.3, -0.25) is 5.32 Å². The third-order valence-corrected chi connectivity index (χ3v) is 2.12. The van der Waals surface area contributed by atoms with Gasteiger partial charge in [0.2, 0.25) is 0 Å². The highest BCUT2D eigenvalue weighted by atomic mass is 19.1. The van der Waals surface area contributed by atoms with Crippen LogP contribution in [0.3, 0.4) is 0 Å². The summed E-state index contributed by atoms with van der Waals surface area (Å²) in [5.74, 6) is -0.456. The molecule has 0 aliphatic rings. The fourth-order valence-electron chi connectivity index (χ4n) is 1.61. The molecule has 1 rings (SSSR count). The van der Waals surface area contributed by atoms with Crippen molar-refractivity contribution in [2.75, 3.05) is 0 Å². The van der Waals surface area contributed by atoms with Gasteiger partial charge in [-0.2, -0.15) is 5.26 Å². The predicted octanol–water partition coefficient (Wildman–Crippen LogP) is 1.95. The zero-order valence-corrected chi connectivity index (χ0v) is 10.3. The summed E-state index contributed by atoms with van der Waals surface area (Å²) in [5.41, 5.74) is 0.652. The van der Waals surface area contributed by atoms with Crippen molar-refractivity contribution in [2.24, 2.45) is 0 Å². The molecule has 0 bridgehead atoms. The number of aliphatic hydroxyl groups is 1. The van der Waals surface area contributed by atoms with E-state index in [0.29, 0.717) is 5.56 Å². The van der Waals surface area contributed by atoms with Crippen LogP contribution in [0.15, 0.2) is 18.2 Å². The molecular weight excluding hydrogens is 219 g/mol. The Kier molecular flexibility index (Phi) is 4.22. The molecule has 1 aromatic rings. The minimum absolute atomic E-state index is 0.217. The number of hydrogen-bond donors (Lipinski definition) is 2. The van der Waals surface area contributed by atoms with Gasteiger partial charge in [-0.15, -0.1) is 0 Å². The molecule has 0 saturated carbocycles. The zero-order valence-electron chi connectivity index (χ0n) is 10.3. The van der Waals surface area contributed by atoms with E-state index in [1.807, 2.05) is 26.8 Å². The van der Waals surface area contributed by atoms with E-state index in [4.69, 9.17) is 5.26 Å². The third kappa shape index (κ3) is 4.94. The van der Waals surface area contributed by atoms with Gasteiger partial charge < -0.3 is 5.11 Å². The highest BCUT2D eigenvalue weighted by molar-refractivity contribution is 5.33. The second-order valence-electron chi connectivity index (χ2n) is 5.07. The number of rotatable bonds is 3. The Morgan fingerprint density at radius 2 is 2.06 bits per heavy atom. The fourth-order valence-corrected chi connectivity index (χ4v) is 1.61. The first-order valence-corrected chi connectivity index (χ1v) is 5.45. The summed E-state index contributed by atoms with van der Waals surface area (Å²) in [5, 5.41) is 21.5. The van der Waals surface area contributed by atoms with Crippen LogP contribution in [0.25, 0.3) is 0 Å². The van der Waals surface area contributed by atoms with Gasteiger partial charge in [0, 0.05) is 12.0 Å². The van der Waals surface area contributed by atoms with Crippen molar-refractivity contribution in [3.8, 4) is 6.07 Å². The molecule has 0 amide bonds. The molecule has 92 valence electrons. The van der Waals surface area contributed by atoms with Gasteiger partial charge in [0.15, 0.2) is 0 Å². The topological polar surface area (TPSA) is 56.0 Å². The van der Waals surface area contributed by atoms with Gasteiger partial charge in [-0.05, 0) is 44.5 Å². The van der Waals surface area contributed by atoms with Gasteiger partial charge in [0.05, 0.1) is 11.6 Å². The molecule has 0 aliphatic carbocycles. The predicted molar refractivity (Wildman–Crippen MR) is 63.7 cm³/mol. The molecule has 0 aliphatic heterocycles. The van der Waals surface area contributed by atoms with Crippen molar-refractivity contribution >= 4 is 0 Å². The summed E-state index contributed by atoms with van der Waals surface area (Å²) < 4.78 is 13.1. The maximum atomic E-state index is 13.1. The van der Waals surface area contributed by atoms with E-state index in [0.717, 1.165) is 0 Å². The lowest BCUT2D eigenvalue weighted by Gasteiger charge is -2.25. The molecule has 4 heteroatoms. The van der Waals surface area contributed by atoms with Crippen LogP contribution in [0.5, 0.6) is 0 Å². The Bertz CT molecular complexity index is 432. The maximum absolute atomic E-state index is 13.1. The smallest absolute Gasteiger partial charge is 0.124 e. The lowest BCUT2D eigenvalue weighted by atomic mass is 10.0. The van der Waals surface area contributed by atoms with Crippen LogP contribution in [-0.4, -0.2) is 16.9 Å². The summed E-state index contributed by atoms with van der Waals surface area (Å²) in [6.07, 6.45) is -0.493. The Balaban J connectivity index is 2.75. The van der Waals surface area contributed by atoms with E-state index in [9.17, 15) is 9.50 Å². The van der Waals surface area contributed by atoms with E-state index >= 15 is 0 Å². The summed E-state index contributed by atoms with van der Waals surface area (Å²) >= 11 is 0. The van der Waals surface area contributed by atoms with E-state index in [2.05, 4.69) is 5.32 Å². The number of benzene rings is 1. The van der Waals surface area contributed by atoms with Crippen molar-refractivity contribution < 1.29 is 9.50 Å². The SMILES string of the molecule is CC(C)(C)NC(O)Cc1cc(F)cc(C#N)c1. The Hall–Kier alpha value is -1.44. The van der Waals surface area contributed by atoms with Gasteiger partial charge in [-0.1, -0.05) is 0 Å². The summed E-state index contributed by atoms with van der Waals surface area (Å²) in [6, 6.07) is 5.97. The minimum Gasteiger partial charge on any atom is -0.378 e. The zero-order chi connectivity index (χ0) is 13.1. The third-order valence-electron chi connectivity index (χ3n) is 2.12. The standard InChI is InChI=1S/C13H17FN2O/c1-13(2,3)16-12(17)7-9-4-10(8-15)6-11(14)5-9/h4-6,12,16-17H,7H2,1-3H3. The number of aliphatic hydroxyl groups excluding tert-OH is 1. The van der Waals surface area contributed by atoms with Gasteiger partial charge in [-0.25, -0.2) is 4.39 Å². The average Bonchev–Trinajstić information content (AvgIpc) is 2.13. The van der Waals surface area contributed by atoms with E-state index in [-0.39, 0.29) is 17.5 Å². The van der Waals surface area contributed by atoms with E-state index in [1.165, 1.54) is 12.1 Å². The van der Waals surface area contributed by atoms with Crippen LogP contribution in [0.2, 0.25) is 0 Å². The second kappa shape index (κ2) is 5.26. The molecule has 1 unspecified atom stereocenters. The second-order valence-corrected chi connectivity index (χ2v) is 5.07. The van der Waals surface area contributed by atoms with Crippen molar-refractivity contribution in [1.29, 1.82) is 5.26 Å². The fraction of sp³-hybridized carbons (Fsp3) is 0.462. The number of nitrogens with zero attached hydrogens (tertiary/aromatic N) is 1. The average molecular weight is 236 g/mol. The molecule has 0 heterocycles. The first-order valence-electron chi connectivity index (χ1n) is 5.45. The lowest BCUT2D eigenvalue weighted by molar-refractivity contribution is 0.106. The van der Waals surface area contributed by atoms with E-state index in [1.54, 1.807) is 6.07 Å². The monoisotopic (exact) mass is 236 g/mol. The summed E-state index contributed by atoms with van der Waals surface area (Å²) in [7, 11) is 0. The summed E-state index contributed by atoms with van der Waals surface area (Å²) in [4.78, 5) is 0. The van der Waals surface area contributed by atoms with Crippen LogP contribution in [0.1, 0.15) is 31.9 Å². The Morgan fingerprint density at radius 1 is 1.41 bits per heavy atom. The molecule has 17 heavy (non-hydrogen) atoms. The molecular formula is C13H17FN2O. The Labute approximate surface area is 101 Å². The maximum Gasteiger partial charge on any atom is 0.124 e. The number of nitriles is 1. The molecule has 2 N–H and O–H groups in total.